The first-order valence-corrected chi connectivity index (χ1v) is 5.54. The maximum atomic E-state index is 11.8. The van der Waals surface area contributed by atoms with Gasteiger partial charge >= 0.3 is 0 Å². The van der Waals surface area contributed by atoms with Gasteiger partial charge in [-0.15, -0.1) is 0 Å². The second kappa shape index (κ2) is 3.17. The molecule has 0 aromatic carbocycles. The standard InChI is InChI=1S/C11H15N3O/c1-13-5-4-10-8(7-13)6-11(15)14(12-10)9-2-3-9/h6,9H,2-5,7H2,1H3. The molecule has 0 atom stereocenters. The van der Waals surface area contributed by atoms with Crippen LogP contribution < -0.4 is 5.56 Å². The fraction of sp³-hybridized carbons (Fsp3) is 0.636. The fourth-order valence-electron chi connectivity index (χ4n) is 2.14. The van der Waals surface area contributed by atoms with Crippen LogP contribution in [0.1, 0.15) is 30.1 Å². The van der Waals surface area contributed by atoms with Crippen LogP contribution >= 0.6 is 0 Å². The summed E-state index contributed by atoms with van der Waals surface area (Å²) in [6.45, 7) is 1.91. The average molecular weight is 205 g/mol. The van der Waals surface area contributed by atoms with Gasteiger partial charge in [0.05, 0.1) is 11.7 Å². The largest absolute Gasteiger partial charge is 0.302 e. The second-order valence-electron chi connectivity index (χ2n) is 4.62. The van der Waals surface area contributed by atoms with Crippen LogP contribution in [0, 0.1) is 0 Å². The fourth-order valence-corrected chi connectivity index (χ4v) is 2.14. The van der Waals surface area contributed by atoms with Gasteiger partial charge in [-0.3, -0.25) is 4.79 Å². The highest BCUT2D eigenvalue weighted by Crippen LogP contribution is 2.32. The molecule has 2 aliphatic rings. The average Bonchev–Trinajstić information content (AvgIpc) is 3.00. The SMILES string of the molecule is CN1CCc2nn(C3CC3)c(=O)cc2C1. The minimum absolute atomic E-state index is 0.0755. The van der Waals surface area contributed by atoms with E-state index in [0.717, 1.165) is 43.6 Å². The Balaban J connectivity index is 2.05. The molecule has 15 heavy (non-hydrogen) atoms. The van der Waals surface area contributed by atoms with Gasteiger partial charge < -0.3 is 4.90 Å². The molecule has 3 rings (SSSR count). The lowest BCUT2D eigenvalue weighted by Crippen LogP contribution is -2.32. The van der Waals surface area contributed by atoms with Crippen LogP contribution in [-0.2, 0) is 13.0 Å². The van der Waals surface area contributed by atoms with Crippen molar-refractivity contribution in [1.82, 2.24) is 14.7 Å². The molecule has 0 unspecified atom stereocenters. The Morgan fingerprint density at radius 2 is 2.27 bits per heavy atom. The molecular formula is C11H15N3O. The summed E-state index contributed by atoms with van der Waals surface area (Å²) in [6.07, 6.45) is 3.20. The molecule has 0 spiro atoms. The Morgan fingerprint density at radius 3 is 3.00 bits per heavy atom. The van der Waals surface area contributed by atoms with Gasteiger partial charge in [-0.1, -0.05) is 0 Å². The van der Waals surface area contributed by atoms with Gasteiger partial charge in [0.15, 0.2) is 0 Å². The zero-order chi connectivity index (χ0) is 10.4. The van der Waals surface area contributed by atoms with E-state index in [1.807, 2.05) is 0 Å². The first kappa shape index (κ1) is 9.09. The lowest BCUT2D eigenvalue weighted by Gasteiger charge is -2.24. The number of hydrogen-bond acceptors (Lipinski definition) is 3. The molecule has 2 heterocycles. The summed E-state index contributed by atoms with van der Waals surface area (Å²) < 4.78 is 1.68. The van der Waals surface area contributed by atoms with Crippen molar-refractivity contribution in [1.29, 1.82) is 0 Å². The van der Waals surface area contributed by atoms with Crippen molar-refractivity contribution in [2.45, 2.75) is 31.8 Å². The Labute approximate surface area is 88.5 Å². The molecule has 1 aliphatic carbocycles. The third kappa shape index (κ3) is 1.59. The predicted octanol–water partition coefficient (Wildman–Crippen LogP) is 0.566. The van der Waals surface area contributed by atoms with Crippen molar-refractivity contribution in [2.24, 2.45) is 0 Å². The molecule has 1 fully saturated rings. The van der Waals surface area contributed by atoms with E-state index in [-0.39, 0.29) is 5.56 Å². The molecule has 1 saturated carbocycles. The van der Waals surface area contributed by atoms with Gasteiger partial charge in [0.25, 0.3) is 5.56 Å². The summed E-state index contributed by atoms with van der Waals surface area (Å²) in [5, 5.41) is 4.49. The third-order valence-electron chi connectivity index (χ3n) is 3.19. The van der Waals surface area contributed by atoms with Crippen molar-refractivity contribution in [3.05, 3.63) is 27.7 Å². The second-order valence-corrected chi connectivity index (χ2v) is 4.62. The molecular weight excluding hydrogens is 190 g/mol. The van der Waals surface area contributed by atoms with E-state index in [2.05, 4.69) is 17.0 Å². The van der Waals surface area contributed by atoms with Gasteiger partial charge in [0.2, 0.25) is 0 Å². The minimum Gasteiger partial charge on any atom is -0.302 e. The monoisotopic (exact) mass is 205 g/mol. The van der Waals surface area contributed by atoms with Crippen LogP contribution in [0.25, 0.3) is 0 Å². The summed E-state index contributed by atoms with van der Waals surface area (Å²) in [4.78, 5) is 14.0. The summed E-state index contributed by atoms with van der Waals surface area (Å²) in [5.74, 6) is 0. The van der Waals surface area contributed by atoms with Crippen LogP contribution in [0.2, 0.25) is 0 Å². The highest BCUT2D eigenvalue weighted by molar-refractivity contribution is 5.20. The van der Waals surface area contributed by atoms with E-state index in [0.29, 0.717) is 6.04 Å². The maximum Gasteiger partial charge on any atom is 0.267 e. The summed E-state index contributed by atoms with van der Waals surface area (Å²) in [7, 11) is 2.08. The minimum atomic E-state index is 0.0755. The van der Waals surface area contributed by atoms with Crippen LogP contribution in [0.15, 0.2) is 10.9 Å². The summed E-state index contributed by atoms with van der Waals surface area (Å²) >= 11 is 0. The lowest BCUT2D eigenvalue weighted by molar-refractivity contribution is 0.305. The van der Waals surface area contributed by atoms with Crippen molar-refractivity contribution in [3.8, 4) is 0 Å². The molecule has 80 valence electrons. The maximum absolute atomic E-state index is 11.8. The number of hydrogen-bond donors (Lipinski definition) is 0. The van der Waals surface area contributed by atoms with Crippen LogP contribution in [0.4, 0.5) is 0 Å². The number of aromatic nitrogens is 2. The number of fused-ring (bicyclic) bond motifs is 1. The van der Waals surface area contributed by atoms with Gasteiger partial charge in [-0.25, -0.2) is 4.68 Å². The predicted molar refractivity (Wildman–Crippen MR) is 56.8 cm³/mol. The molecule has 1 aromatic rings. The van der Waals surface area contributed by atoms with Gasteiger partial charge in [0.1, 0.15) is 0 Å². The Kier molecular flexibility index (Phi) is 1.92. The Morgan fingerprint density at radius 1 is 1.47 bits per heavy atom. The van der Waals surface area contributed by atoms with Crippen LogP contribution in [0.5, 0.6) is 0 Å². The molecule has 1 aromatic heterocycles. The van der Waals surface area contributed by atoms with Crippen molar-refractivity contribution >= 4 is 0 Å². The van der Waals surface area contributed by atoms with Crippen molar-refractivity contribution in [3.63, 3.8) is 0 Å². The van der Waals surface area contributed by atoms with E-state index in [1.54, 1.807) is 10.7 Å². The van der Waals surface area contributed by atoms with Gasteiger partial charge in [-0.2, -0.15) is 5.10 Å². The highest BCUT2D eigenvalue weighted by Gasteiger charge is 2.27. The van der Waals surface area contributed by atoms with Crippen molar-refractivity contribution in [2.75, 3.05) is 13.6 Å². The van der Waals surface area contributed by atoms with Crippen molar-refractivity contribution < 1.29 is 0 Å². The zero-order valence-corrected chi connectivity index (χ0v) is 8.94. The molecule has 4 heteroatoms. The zero-order valence-electron chi connectivity index (χ0n) is 8.94. The smallest absolute Gasteiger partial charge is 0.267 e. The molecule has 4 nitrogen and oxygen atoms in total. The quantitative estimate of drug-likeness (QED) is 0.672. The van der Waals surface area contributed by atoms with E-state index in [4.69, 9.17) is 0 Å². The topological polar surface area (TPSA) is 38.1 Å². The molecule has 0 radical (unpaired) electrons. The van der Waals surface area contributed by atoms with Gasteiger partial charge in [-0.05, 0) is 25.5 Å². The van der Waals surface area contributed by atoms with E-state index in [9.17, 15) is 4.79 Å². The number of rotatable bonds is 1. The molecule has 0 N–H and O–H groups in total. The van der Waals surface area contributed by atoms with E-state index in [1.165, 1.54) is 0 Å². The summed E-state index contributed by atoms with van der Waals surface area (Å²) in [5.41, 5.74) is 2.32. The van der Waals surface area contributed by atoms with Gasteiger partial charge in [0, 0.05) is 25.6 Å². The lowest BCUT2D eigenvalue weighted by atomic mass is 10.1. The van der Waals surface area contributed by atoms with E-state index >= 15 is 0 Å². The number of nitrogens with zero attached hydrogens (tertiary/aromatic N) is 3. The highest BCUT2D eigenvalue weighted by atomic mass is 16.1. The normalized spacial score (nSPS) is 21.4. The molecule has 0 saturated heterocycles. The molecule has 1 aliphatic heterocycles. The Hall–Kier alpha value is -1.16. The molecule has 0 amide bonds. The number of likely N-dealkylation sites (N-methyl/N-ethyl adjacent to an activating group) is 1. The van der Waals surface area contributed by atoms with E-state index < -0.39 is 0 Å². The summed E-state index contributed by atoms with van der Waals surface area (Å²) in [6, 6.07) is 2.17. The Bertz CT molecular complexity index is 448. The first-order chi connectivity index (χ1) is 7.24. The molecule has 0 bridgehead atoms. The van der Waals surface area contributed by atoms with Crippen LogP contribution in [0.3, 0.4) is 0 Å². The first-order valence-electron chi connectivity index (χ1n) is 5.54. The van der Waals surface area contributed by atoms with Crippen LogP contribution in [-0.4, -0.2) is 28.3 Å². The third-order valence-corrected chi connectivity index (χ3v) is 3.19.